The van der Waals surface area contributed by atoms with Crippen LogP contribution in [0.5, 0.6) is 0 Å². The predicted octanol–water partition coefficient (Wildman–Crippen LogP) is 2.93. The molecule has 0 fully saturated rings. The van der Waals surface area contributed by atoms with Crippen molar-refractivity contribution in [3.63, 3.8) is 0 Å². The zero-order valence-corrected chi connectivity index (χ0v) is 12.9. The number of hydrogen-bond donors (Lipinski definition) is 0. The Balaban J connectivity index is 1.96. The SMILES string of the molecule is CCN(CCc1ccccc1)C(=O)Cc1c(C)noc1C. The Hall–Kier alpha value is -2.10. The summed E-state index contributed by atoms with van der Waals surface area (Å²) in [6, 6.07) is 10.2. The molecule has 21 heavy (non-hydrogen) atoms. The number of benzene rings is 1. The summed E-state index contributed by atoms with van der Waals surface area (Å²) in [5.74, 6) is 0.864. The minimum atomic E-state index is 0.128. The highest BCUT2D eigenvalue weighted by Gasteiger charge is 2.17. The summed E-state index contributed by atoms with van der Waals surface area (Å²) in [6.45, 7) is 7.19. The monoisotopic (exact) mass is 286 g/mol. The van der Waals surface area contributed by atoms with Crippen molar-refractivity contribution >= 4 is 5.91 Å². The number of aromatic nitrogens is 1. The minimum Gasteiger partial charge on any atom is -0.361 e. The van der Waals surface area contributed by atoms with Crippen molar-refractivity contribution < 1.29 is 9.32 Å². The maximum absolute atomic E-state index is 12.4. The van der Waals surface area contributed by atoms with Crippen LogP contribution in [0.1, 0.15) is 29.5 Å². The summed E-state index contributed by atoms with van der Waals surface area (Å²) in [4.78, 5) is 14.3. The van der Waals surface area contributed by atoms with Crippen molar-refractivity contribution in [3.05, 3.63) is 52.9 Å². The average Bonchev–Trinajstić information content (AvgIpc) is 2.81. The fraction of sp³-hybridized carbons (Fsp3) is 0.412. The van der Waals surface area contributed by atoms with Crippen molar-refractivity contribution in [3.8, 4) is 0 Å². The molecule has 0 radical (unpaired) electrons. The summed E-state index contributed by atoms with van der Waals surface area (Å²) in [6.07, 6.45) is 1.24. The maximum Gasteiger partial charge on any atom is 0.227 e. The highest BCUT2D eigenvalue weighted by atomic mass is 16.5. The average molecular weight is 286 g/mol. The quantitative estimate of drug-likeness (QED) is 0.820. The third kappa shape index (κ3) is 3.94. The van der Waals surface area contributed by atoms with Gasteiger partial charge in [-0.3, -0.25) is 4.79 Å². The highest BCUT2D eigenvalue weighted by molar-refractivity contribution is 5.79. The van der Waals surface area contributed by atoms with E-state index >= 15 is 0 Å². The molecule has 0 aliphatic carbocycles. The number of carbonyl (C=O) groups excluding carboxylic acids is 1. The van der Waals surface area contributed by atoms with E-state index in [1.165, 1.54) is 5.56 Å². The van der Waals surface area contributed by atoms with Crippen LogP contribution in [0.2, 0.25) is 0 Å². The third-order valence-electron chi connectivity index (χ3n) is 3.76. The van der Waals surface area contributed by atoms with E-state index in [2.05, 4.69) is 17.3 Å². The van der Waals surface area contributed by atoms with E-state index in [0.717, 1.165) is 36.5 Å². The van der Waals surface area contributed by atoms with Crippen LogP contribution in [0.4, 0.5) is 0 Å². The fourth-order valence-electron chi connectivity index (χ4n) is 2.39. The van der Waals surface area contributed by atoms with Crippen molar-refractivity contribution in [1.82, 2.24) is 10.1 Å². The van der Waals surface area contributed by atoms with Gasteiger partial charge in [0.2, 0.25) is 5.91 Å². The molecule has 1 heterocycles. The van der Waals surface area contributed by atoms with Gasteiger partial charge in [-0.05, 0) is 32.8 Å². The number of amides is 1. The van der Waals surface area contributed by atoms with Crippen LogP contribution >= 0.6 is 0 Å². The lowest BCUT2D eigenvalue weighted by Gasteiger charge is -2.21. The highest BCUT2D eigenvalue weighted by Crippen LogP contribution is 2.14. The molecule has 0 unspecified atom stereocenters. The number of rotatable bonds is 6. The van der Waals surface area contributed by atoms with Crippen molar-refractivity contribution in [2.75, 3.05) is 13.1 Å². The van der Waals surface area contributed by atoms with E-state index in [1.807, 2.05) is 43.9 Å². The second-order valence-corrected chi connectivity index (χ2v) is 5.19. The van der Waals surface area contributed by atoms with Gasteiger partial charge >= 0.3 is 0 Å². The normalized spacial score (nSPS) is 10.6. The van der Waals surface area contributed by atoms with Gasteiger partial charge in [0, 0.05) is 18.7 Å². The molecule has 2 aromatic rings. The van der Waals surface area contributed by atoms with E-state index in [1.54, 1.807) is 0 Å². The molecule has 0 saturated heterocycles. The van der Waals surface area contributed by atoms with E-state index in [9.17, 15) is 4.79 Å². The summed E-state index contributed by atoms with van der Waals surface area (Å²) in [5, 5.41) is 3.90. The lowest BCUT2D eigenvalue weighted by Crippen LogP contribution is -2.34. The molecule has 0 N–H and O–H groups in total. The summed E-state index contributed by atoms with van der Waals surface area (Å²) >= 11 is 0. The first-order valence-electron chi connectivity index (χ1n) is 7.35. The van der Waals surface area contributed by atoms with Crippen LogP contribution in [0, 0.1) is 13.8 Å². The van der Waals surface area contributed by atoms with Crippen molar-refractivity contribution in [2.45, 2.75) is 33.6 Å². The largest absolute Gasteiger partial charge is 0.361 e. The lowest BCUT2D eigenvalue weighted by molar-refractivity contribution is -0.130. The van der Waals surface area contributed by atoms with Gasteiger partial charge in [-0.2, -0.15) is 0 Å². The van der Waals surface area contributed by atoms with Crippen LogP contribution in [0.3, 0.4) is 0 Å². The zero-order valence-electron chi connectivity index (χ0n) is 12.9. The van der Waals surface area contributed by atoms with Gasteiger partial charge in [0.25, 0.3) is 0 Å². The van der Waals surface area contributed by atoms with Gasteiger partial charge in [0.05, 0.1) is 12.1 Å². The van der Waals surface area contributed by atoms with E-state index in [0.29, 0.717) is 6.42 Å². The molecular weight excluding hydrogens is 264 g/mol. The fourth-order valence-corrected chi connectivity index (χ4v) is 2.39. The number of carbonyl (C=O) groups is 1. The van der Waals surface area contributed by atoms with Crippen LogP contribution < -0.4 is 0 Å². The van der Waals surface area contributed by atoms with Gasteiger partial charge in [0.1, 0.15) is 5.76 Å². The summed E-state index contributed by atoms with van der Waals surface area (Å²) in [5.41, 5.74) is 2.97. The van der Waals surface area contributed by atoms with Crippen LogP contribution in [0.15, 0.2) is 34.9 Å². The molecule has 0 saturated carbocycles. The van der Waals surface area contributed by atoms with Gasteiger partial charge in [-0.1, -0.05) is 35.5 Å². The second-order valence-electron chi connectivity index (χ2n) is 5.19. The summed E-state index contributed by atoms with van der Waals surface area (Å²) < 4.78 is 5.12. The molecule has 1 aromatic heterocycles. The number of hydrogen-bond acceptors (Lipinski definition) is 3. The standard InChI is InChI=1S/C17H22N2O2/c1-4-19(11-10-15-8-6-5-7-9-15)17(20)12-16-13(2)18-21-14(16)3/h5-9H,4,10-12H2,1-3H3. The van der Waals surface area contributed by atoms with Crippen LogP contribution in [-0.2, 0) is 17.6 Å². The van der Waals surface area contributed by atoms with Gasteiger partial charge in [-0.15, -0.1) is 0 Å². The first-order chi connectivity index (χ1) is 10.1. The predicted molar refractivity (Wildman–Crippen MR) is 82.1 cm³/mol. The smallest absolute Gasteiger partial charge is 0.227 e. The molecule has 0 atom stereocenters. The molecule has 0 aliphatic heterocycles. The Labute approximate surface area is 125 Å². The molecule has 4 heteroatoms. The zero-order chi connectivity index (χ0) is 15.2. The van der Waals surface area contributed by atoms with E-state index in [4.69, 9.17) is 4.52 Å². The van der Waals surface area contributed by atoms with Crippen molar-refractivity contribution in [2.24, 2.45) is 0 Å². The second kappa shape index (κ2) is 7.07. The van der Waals surface area contributed by atoms with Crippen molar-refractivity contribution in [1.29, 1.82) is 0 Å². The molecule has 2 rings (SSSR count). The molecular formula is C17H22N2O2. The molecule has 4 nitrogen and oxygen atoms in total. The molecule has 1 amide bonds. The Bertz CT molecular complexity index is 571. The summed E-state index contributed by atoms with van der Waals surface area (Å²) in [7, 11) is 0. The Morgan fingerprint density at radius 3 is 2.52 bits per heavy atom. The third-order valence-corrected chi connectivity index (χ3v) is 3.76. The molecule has 112 valence electrons. The van der Waals surface area contributed by atoms with E-state index in [-0.39, 0.29) is 5.91 Å². The Morgan fingerprint density at radius 2 is 1.95 bits per heavy atom. The van der Waals surface area contributed by atoms with Gasteiger partial charge in [-0.25, -0.2) is 0 Å². The molecule has 0 spiro atoms. The number of nitrogens with zero attached hydrogens (tertiary/aromatic N) is 2. The number of likely N-dealkylation sites (N-methyl/N-ethyl adjacent to an activating group) is 1. The van der Waals surface area contributed by atoms with Gasteiger partial charge < -0.3 is 9.42 Å². The van der Waals surface area contributed by atoms with Crippen LogP contribution in [0.25, 0.3) is 0 Å². The molecule has 0 aliphatic rings. The Morgan fingerprint density at radius 1 is 1.24 bits per heavy atom. The Kier molecular flexibility index (Phi) is 5.14. The lowest BCUT2D eigenvalue weighted by atomic mass is 10.1. The van der Waals surface area contributed by atoms with Crippen LogP contribution in [-0.4, -0.2) is 29.1 Å². The molecule has 1 aromatic carbocycles. The van der Waals surface area contributed by atoms with E-state index < -0.39 is 0 Å². The molecule has 0 bridgehead atoms. The topological polar surface area (TPSA) is 46.3 Å². The van der Waals surface area contributed by atoms with Gasteiger partial charge in [0.15, 0.2) is 0 Å². The number of aryl methyl sites for hydroxylation is 2. The maximum atomic E-state index is 12.4. The first-order valence-corrected chi connectivity index (χ1v) is 7.35. The minimum absolute atomic E-state index is 0.128. The first kappa shape index (κ1) is 15.3.